The Morgan fingerprint density at radius 1 is 1.27 bits per heavy atom. The predicted molar refractivity (Wildman–Crippen MR) is 94.5 cm³/mol. The normalized spacial score (nSPS) is 19.1. The number of amides is 2. The molecule has 1 atom stereocenters. The maximum Gasteiger partial charge on any atom is 0.290 e. The summed E-state index contributed by atoms with van der Waals surface area (Å²) >= 11 is 0. The maximum absolute atomic E-state index is 12.8. The van der Waals surface area contributed by atoms with Crippen molar-refractivity contribution in [2.75, 3.05) is 19.6 Å². The second-order valence-corrected chi connectivity index (χ2v) is 6.84. The van der Waals surface area contributed by atoms with Crippen molar-refractivity contribution in [3.8, 4) is 0 Å². The van der Waals surface area contributed by atoms with Gasteiger partial charge in [-0.1, -0.05) is 12.2 Å². The molecule has 2 aromatic rings. The lowest BCUT2D eigenvalue weighted by Crippen LogP contribution is -2.41. The van der Waals surface area contributed by atoms with Crippen LogP contribution in [0.1, 0.15) is 40.6 Å². The van der Waals surface area contributed by atoms with Crippen molar-refractivity contribution in [3.05, 3.63) is 53.5 Å². The molecule has 2 amide bonds. The molecule has 4 heterocycles. The van der Waals surface area contributed by atoms with E-state index in [1.807, 2.05) is 36.8 Å². The second-order valence-electron chi connectivity index (χ2n) is 6.84. The van der Waals surface area contributed by atoms with Gasteiger partial charge in [-0.15, -0.1) is 0 Å². The Balaban J connectivity index is 1.51. The third-order valence-electron chi connectivity index (χ3n) is 5.10. The third-order valence-corrected chi connectivity index (χ3v) is 5.10. The van der Waals surface area contributed by atoms with Gasteiger partial charge in [-0.05, 0) is 19.9 Å². The fourth-order valence-electron chi connectivity index (χ4n) is 3.58. The number of aryl methyl sites for hydroxylation is 1. The van der Waals surface area contributed by atoms with Crippen LogP contribution in [0.25, 0.3) is 0 Å². The van der Waals surface area contributed by atoms with E-state index >= 15 is 0 Å². The van der Waals surface area contributed by atoms with Crippen LogP contribution in [-0.4, -0.2) is 50.8 Å². The summed E-state index contributed by atoms with van der Waals surface area (Å²) in [5.41, 5.74) is 1.59. The minimum Gasteiger partial charge on any atom is -0.459 e. The molecule has 7 nitrogen and oxygen atoms in total. The topological polar surface area (TPSA) is 71.6 Å². The van der Waals surface area contributed by atoms with Crippen LogP contribution in [0.3, 0.4) is 0 Å². The van der Waals surface area contributed by atoms with Crippen LogP contribution in [0.4, 0.5) is 0 Å². The van der Waals surface area contributed by atoms with Gasteiger partial charge >= 0.3 is 0 Å². The Morgan fingerprint density at radius 3 is 2.73 bits per heavy atom. The van der Waals surface area contributed by atoms with Crippen LogP contribution in [0.15, 0.2) is 35.1 Å². The number of nitrogens with zero attached hydrogens (tertiary/aromatic N) is 4. The van der Waals surface area contributed by atoms with Gasteiger partial charge in [-0.3, -0.25) is 9.59 Å². The molecule has 7 heteroatoms. The molecule has 0 aliphatic carbocycles. The van der Waals surface area contributed by atoms with E-state index in [0.29, 0.717) is 38.4 Å². The highest BCUT2D eigenvalue weighted by Crippen LogP contribution is 2.27. The average molecular weight is 354 g/mol. The monoisotopic (exact) mass is 354 g/mol. The highest BCUT2D eigenvalue weighted by molar-refractivity contribution is 5.93. The van der Waals surface area contributed by atoms with E-state index in [2.05, 4.69) is 4.98 Å². The summed E-state index contributed by atoms with van der Waals surface area (Å²) < 4.78 is 7.41. The summed E-state index contributed by atoms with van der Waals surface area (Å²) in [4.78, 5) is 33.4. The number of hydrogen-bond donors (Lipinski definition) is 0. The number of hydrogen-bond acceptors (Lipinski definition) is 4. The van der Waals surface area contributed by atoms with Crippen LogP contribution >= 0.6 is 0 Å². The summed E-state index contributed by atoms with van der Waals surface area (Å²) in [6.45, 7) is 6.43. The number of aromatic nitrogens is 2. The summed E-state index contributed by atoms with van der Waals surface area (Å²) in [7, 11) is 0. The third kappa shape index (κ3) is 2.83. The molecular formula is C19H22N4O3. The molecule has 0 N–H and O–H groups in total. The molecule has 136 valence electrons. The molecule has 4 rings (SSSR count). The molecule has 0 bridgehead atoms. The number of furan rings is 1. The van der Waals surface area contributed by atoms with Gasteiger partial charge in [-0.25, -0.2) is 4.98 Å². The number of carbonyl (C=O) groups excluding carboxylic acids is 2. The standard InChI is InChI=1S/C19H22N4O3/c1-13-5-10-26-17(13)19(25)23-9-8-22-12-15(20-18(22)14(23)2)11-16(24)21-6-3-4-7-21/h3-5,10,12,14H,6-9,11H2,1-2H3/t14-/m1/s1. The van der Waals surface area contributed by atoms with E-state index in [9.17, 15) is 9.59 Å². The quantitative estimate of drug-likeness (QED) is 0.790. The molecule has 2 aliphatic rings. The molecule has 0 saturated carbocycles. The van der Waals surface area contributed by atoms with Crippen molar-refractivity contribution in [3.63, 3.8) is 0 Å². The first-order chi connectivity index (χ1) is 12.5. The van der Waals surface area contributed by atoms with E-state index < -0.39 is 0 Å². The highest BCUT2D eigenvalue weighted by Gasteiger charge is 2.32. The molecule has 0 fully saturated rings. The zero-order chi connectivity index (χ0) is 18.3. The molecule has 2 aliphatic heterocycles. The van der Waals surface area contributed by atoms with Crippen LogP contribution in [0.5, 0.6) is 0 Å². The van der Waals surface area contributed by atoms with Crippen molar-refractivity contribution in [1.82, 2.24) is 19.4 Å². The lowest BCUT2D eigenvalue weighted by Gasteiger charge is -2.33. The minimum atomic E-state index is -0.168. The van der Waals surface area contributed by atoms with E-state index in [-0.39, 0.29) is 17.9 Å². The fourth-order valence-corrected chi connectivity index (χ4v) is 3.58. The molecule has 2 aromatic heterocycles. The Labute approximate surface area is 151 Å². The van der Waals surface area contributed by atoms with Gasteiger partial charge in [0.1, 0.15) is 5.82 Å². The van der Waals surface area contributed by atoms with E-state index in [0.717, 1.165) is 17.1 Å². The Bertz CT molecular complexity index is 871. The predicted octanol–water partition coefficient (Wildman–Crippen LogP) is 1.94. The van der Waals surface area contributed by atoms with E-state index in [1.54, 1.807) is 15.9 Å². The summed E-state index contributed by atoms with van der Waals surface area (Å²) in [6, 6.07) is 1.62. The van der Waals surface area contributed by atoms with Crippen molar-refractivity contribution >= 4 is 11.8 Å². The van der Waals surface area contributed by atoms with Crippen molar-refractivity contribution in [2.24, 2.45) is 0 Å². The van der Waals surface area contributed by atoms with E-state index in [1.165, 1.54) is 6.26 Å². The molecule has 0 aromatic carbocycles. The molecule has 0 unspecified atom stereocenters. The zero-order valence-electron chi connectivity index (χ0n) is 15.0. The molecule has 0 spiro atoms. The average Bonchev–Trinajstić information content (AvgIpc) is 3.34. The SMILES string of the molecule is Cc1ccoc1C(=O)N1CCn2cc(CC(=O)N3CC=CC3)nc2[C@H]1C. The first-order valence-electron chi connectivity index (χ1n) is 8.88. The van der Waals surface area contributed by atoms with Gasteiger partial charge in [0.05, 0.1) is 24.4 Å². The lowest BCUT2D eigenvalue weighted by atomic mass is 10.1. The van der Waals surface area contributed by atoms with Crippen molar-refractivity contribution in [2.45, 2.75) is 32.9 Å². The smallest absolute Gasteiger partial charge is 0.290 e. The Hall–Kier alpha value is -2.83. The maximum atomic E-state index is 12.8. The molecule has 0 saturated heterocycles. The van der Waals surface area contributed by atoms with Crippen LogP contribution < -0.4 is 0 Å². The van der Waals surface area contributed by atoms with Crippen LogP contribution in [-0.2, 0) is 17.8 Å². The lowest BCUT2D eigenvalue weighted by molar-refractivity contribution is -0.129. The van der Waals surface area contributed by atoms with Gasteiger partial charge in [0.25, 0.3) is 5.91 Å². The van der Waals surface area contributed by atoms with Gasteiger partial charge in [-0.2, -0.15) is 0 Å². The first kappa shape index (κ1) is 16.6. The van der Waals surface area contributed by atoms with Crippen LogP contribution in [0, 0.1) is 6.92 Å². The largest absolute Gasteiger partial charge is 0.459 e. The van der Waals surface area contributed by atoms with Crippen molar-refractivity contribution in [1.29, 1.82) is 0 Å². The molecule has 0 radical (unpaired) electrons. The zero-order valence-corrected chi connectivity index (χ0v) is 15.0. The van der Waals surface area contributed by atoms with Crippen LogP contribution in [0.2, 0.25) is 0 Å². The second kappa shape index (κ2) is 6.48. The Kier molecular flexibility index (Phi) is 4.14. The van der Waals surface area contributed by atoms with Crippen molar-refractivity contribution < 1.29 is 14.0 Å². The highest BCUT2D eigenvalue weighted by atomic mass is 16.3. The summed E-state index contributed by atoms with van der Waals surface area (Å²) in [5.74, 6) is 1.16. The number of carbonyl (C=O) groups is 2. The molecular weight excluding hydrogens is 332 g/mol. The fraction of sp³-hybridized carbons (Fsp3) is 0.421. The van der Waals surface area contributed by atoms with E-state index in [4.69, 9.17) is 4.42 Å². The number of imidazole rings is 1. The minimum absolute atomic E-state index is 0.0808. The number of fused-ring (bicyclic) bond motifs is 1. The molecule has 26 heavy (non-hydrogen) atoms. The van der Waals surface area contributed by atoms with Gasteiger partial charge in [0.15, 0.2) is 5.76 Å². The Morgan fingerprint density at radius 2 is 2.04 bits per heavy atom. The summed E-state index contributed by atoms with van der Waals surface area (Å²) in [6.07, 6.45) is 7.76. The number of rotatable bonds is 3. The van der Waals surface area contributed by atoms with Gasteiger partial charge in [0.2, 0.25) is 5.91 Å². The van der Waals surface area contributed by atoms with Gasteiger partial charge in [0, 0.05) is 37.9 Å². The first-order valence-corrected chi connectivity index (χ1v) is 8.88. The summed E-state index contributed by atoms with van der Waals surface area (Å²) in [5, 5.41) is 0. The van der Waals surface area contributed by atoms with Gasteiger partial charge < -0.3 is 18.8 Å².